The number of methoxy groups -OCH3 is 1. The van der Waals surface area contributed by atoms with Gasteiger partial charge >= 0.3 is 0 Å². The van der Waals surface area contributed by atoms with Crippen LogP contribution in [0.2, 0.25) is 0 Å². The van der Waals surface area contributed by atoms with Gasteiger partial charge in [-0.05, 0) is 60.9 Å². The van der Waals surface area contributed by atoms with Crippen molar-refractivity contribution in [1.29, 1.82) is 0 Å². The number of carbonyl (C=O) groups is 2. The Bertz CT molecular complexity index is 1000. The number of amides is 2. The highest BCUT2D eigenvalue weighted by Gasteiger charge is 2.19. The Morgan fingerprint density at radius 2 is 1.90 bits per heavy atom. The molecule has 1 aliphatic rings. The fourth-order valence-corrected chi connectivity index (χ4v) is 4.08. The lowest BCUT2D eigenvalue weighted by molar-refractivity contribution is -0.116. The summed E-state index contributed by atoms with van der Waals surface area (Å²) in [5, 5.41) is 5.48. The molecule has 0 spiro atoms. The Labute approximate surface area is 169 Å². The van der Waals surface area contributed by atoms with E-state index < -0.39 is 10.0 Å². The van der Waals surface area contributed by atoms with Crippen molar-refractivity contribution in [2.24, 2.45) is 0 Å². The number of hydrogen-bond acceptors (Lipinski definition) is 5. The summed E-state index contributed by atoms with van der Waals surface area (Å²) in [4.78, 5) is 23.8. The molecule has 3 N–H and O–H groups in total. The number of carbonyl (C=O) groups excluding carboxylic acids is 2. The highest BCUT2D eigenvalue weighted by atomic mass is 32.2. The second-order valence-electron chi connectivity index (χ2n) is 6.65. The summed E-state index contributed by atoms with van der Waals surface area (Å²) in [5.74, 6) is 0.305. The van der Waals surface area contributed by atoms with E-state index in [1.807, 2.05) is 0 Å². The number of aryl methyl sites for hydroxylation is 1. The number of fused-ring (bicyclic) bond motifs is 1. The zero-order valence-corrected chi connectivity index (χ0v) is 16.8. The van der Waals surface area contributed by atoms with E-state index in [1.54, 1.807) is 43.5 Å². The van der Waals surface area contributed by atoms with Crippen LogP contribution in [0.5, 0.6) is 5.75 Å². The molecule has 2 aromatic rings. The van der Waals surface area contributed by atoms with Crippen molar-refractivity contribution in [3.63, 3.8) is 0 Å². The van der Waals surface area contributed by atoms with Crippen molar-refractivity contribution in [3.05, 3.63) is 48.0 Å². The SMILES string of the molecule is COc1ccc(NC(=O)CCNS(=O)(=O)c2ccc3c(c2)CCCC(=O)N3)cc1. The highest BCUT2D eigenvalue weighted by molar-refractivity contribution is 7.89. The predicted molar refractivity (Wildman–Crippen MR) is 109 cm³/mol. The second kappa shape index (κ2) is 9.06. The summed E-state index contributed by atoms with van der Waals surface area (Å²) in [6, 6.07) is 11.5. The van der Waals surface area contributed by atoms with E-state index in [-0.39, 0.29) is 29.7 Å². The van der Waals surface area contributed by atoms with Crippen LogP contribution in [0, 0.1) is 0 Å². The Morgan fingerprint density at radius 1 is 1.14 bits per heavy atom. The molecule has 1 aliphatic heterocycles. The van der Waals surface area contributed by atoms with Gasteiger partial charge in [-0.1, -0.05) is 0 Å². The Balaban J connectivity index is 1.56. The van der Waals surface area contributed by atoms with Gasteiger partial charge in [0.05, 0.1) is 12.0 Å². The Kier molecular flexibility index (Phi) is 6.50. The molecule has 0 bridgehead atoms. The van der Waals surface area contributed by atoms with Gasteiger partial charge in [0.1, 0.15) is 5.75 Å². The van der Waals surface area contributed by atoms with Crippen LogP contribution in [0.1, 0.15) is 24.8 Å². The standard InChI is InChI=1S/C20H23N3O5S/c1-28-16-7-5-15(6-8-16)22-20(25)11-12-21-29(26,27)17-9-10-18-14(13-17)3-2-4-19(24)23-18/h5-10,13,21H,2-4,11-12H2,1H3,(H,22,25)(H,23,24). The molecule has 0 unspecified atom stereocenters. The van der Waals surface area contributed by atoms with Gasteiger partial charge in [-0.3, -0.25) is 9.59 Å². The maximum atomic E-state index is 12.5. The molecular weight excluding hydrogens is 394 g/mol. The summed E-state index contributed by atoms with van der Waals surface area (Å²) in [7, 11) is -2.20. The number of sulfonamides is 1. The molecular formula is C20H23N3O5S. The lowest BCUT2D eigenvalue weighted by atomic mass is 10.1. The number of anilines is 2. The molecule has 29 heavy (non-hydrogen) atoms. The summed E-state index contributed by atoms with van der Waals surface area (Å²) in [6.07, 6.45) is 1.70. The molecule has 8 nitrogen and oxygen atoms in total. The van der Waals surface area contributed by atoms with Crippen molar-refractivity contribution < 1.29 is 22.7 Å². The first kappa shape index (κ1) is 20.8. The van der Waals surface area contributed by atoms with Gasteiger partial charge in [-0.2, -0.15) is 0 Å². The van der Waals surface area contributed by atoms with Crippen LogP contribution in [0.25, 0.3) is 0 Å². The first-order valence-corrected chi connectivity index (χ1v) is 10.7. The van der Waals surface area contributed by atoms with E-state index in [4.69, 9.17) is 4.74 Å². The molecule has 0 atom stereocenters. The zero-order chi connectivity index (χ0) is 20.9. The van der Waals surface area contributed by atoms with Crippen LogP contribution in [0.3, 0.4) is 0 Å². The molecule has 0 fully saturated rings. The van der Waals surface area contributed by atoms with E-state index >= 15 is 0 Å². The van der Waals surface area contributed by atoms with Gasteiger partial charge in [0.15, 0.2) is 0 Å². The van der Waals surface area contributed by atoms with E-state index in [9.17, 15) is 18.0 Å². The summed E-state index contributed by atoms with van der Waals surface area (Å²) < 4.78 is 32.6. The zero-order valence-electron chi connectivity index (χ0n) is 16.0. The van der Waals surface area contributed by atoms with Gasteiger partial charge in [-0.15, -0.1) is 0 Å². The normalized spacial score (nSPS) is 13.8. The Hall–Kier alpha value is -2.91. The number of hydrogen-bond donors (Lipinski definition) is 3. The largest absolute Gasteiger partial charge is 0.497 e. The number of rotatable bonds is 7. The quantitative estimate of drug-likeness (QED) is 0.640. The molecule has 0 saturated carbocycles. The number of nitrogens with one attached hydrogen (secondary N) is 3. The van der Waals surface area contributed by atoms with Gasteiger partial charge < -0.3 is 15.4 Å². The highest BCUT2D eigenvalue weighted by Crippen LogP contribution is 2.25. The van der Waals surface area contributed by atoms with Gasteiger partial charge in [-0.25, -0.2) is 13.1 Å². The third-order valence-corrected chi connectivity index (χ3v) is 5.99. The maximum absolute atomic E-state index is 12.5. The van der Waals surface area contributed by atoms with Crippen LogP contribution in [-0.2, 0) is 26.0 Å². The third-order valence-electron chi connectivity index (χ3n) is 4.53. The van der Waals surface area contributed by atoms with Crippen molar-refractivity contribution in [2.45, 2.75) is 30.6 Å². The van der Waals surface area contributed by atoms with E-state index in [2.05, 4.69) is 15.4 Å². The van der Waals surface area contributed by atoms with Gasteiger partial charge in [0, 0.05) is 30.8 Å². The minimum absolute atomic E-state index is 0.00768. The topological polar surface area (TPSA) is 114 Å². The molecule has 9 heteroatoms. The van der Waals surface area contributed by atoms with Crippen LogP contribution >= 0.6 is 0 Å². The fourth-order valence-electron chi connectivity index (χ4n) is 3.00. The molecule has 2 aromatic carbocycles. The monoisotopic (exact) mass is 417 g/mol. The average Bonchev–Trinajstić information content (AvgIpc) is 2.88. The summed E-state index contributed by atoms with van der Waals surface area (Å²) in [6.45, 7) is -0.0296. The molecule has 0 radical (unpaired) electrons. The number of benzene rings is 2. The second-order valence-corrected chi connectivity index (χ2v) is 8.41. The molecule has 3 rings (SSSR count). The van der Waals surface area contributed by atoms with Gasteiger partial charge in [0.25, 0.3) is 0 Å². The minimum atomic E-state index is -3.76. The number of ether oxygens (including phenoxy) is 1. The van der Waals surface area contributed by atoms with Crippen molar-refractivity contribution in [2.75, 3.05) is 24.3 Å². The first-order valence-electron chi connectivity index (χ1n) is 9.24. The lowest BCUT2D eigenvalue weighted by Gasteiger charge is -2.11. The van der Waals surface area contributed by atoms with Crippen LogP contribution in [0.4, 0.5) is 11.4 Å². The van der Waals surface area contributed by atoms with E-state index in [1.165, 1.54) is 6.07 Å². The first-order chi connectivity index (χ1) is 13.9. The van der Waals surface area contributed by atoms with Crippen LogP contribution in [0.15, 0.2) is 47.4 Å². The van der Waals surface area contributed by atoms with E-state index in [0.717, 1.165) is 5.56 Å². The molecule has 1 heterocycles. The van der Waals surface area contributed by atoms with Crippen molar-refractivity contribution in [1.82, 2.24) is 4.72 Å². The van der Waals surface area contributed by atoms with Crippen molar-refractivity contribution >= 4 is 33.2 Å². The summed E-state index contributed by atoms with van der Waals surface area (Å²) in [5.41, 5.74) is 2.03. The molecule has 0 saturated heterocycles. The predicted octanol–water partition coefficient (Wildman–Crippen LogP) is 2.28. The molecule has 154 valence electrons. The van der Waals surface area contributed by atoms with Crippen LogP contribution in [-0.4, -0.2) is 33.9 Å². The summed E-state index contributed by atoms with van der Waals surface area (Å²) >= 11 is 0. The minimum Gasteiger partial charge on any atom is -0.497 e. The Morgan fingerprint density at radius 3 is 2.62 bits per heavy atom. The molecule has 2 amide bonds. The molecule has 0 aromatic heterocycles. The average molecular weight is 417 g/mol. The maximum Gasteiger partial charge on any atom is 0.240 e. The fraction of sp³-hybridized carbons (Fsp3) is 0.300. The van der Waals surface area contributed by atoms with Crippen LogP contribution < -0.4 is 20.1 Å². The third kappa shape index (κ3) is 5.55. The smallest absolute Gasteiger partial charge is 0.240 e. The van der Waals surface area contributed by atoms with Crippen molar-refractivity contribution in [3.8, 4) is 5.75 Å². The van der Waals surface area contributed by atoms with Gasteiger partial charge in [0.2, 0.25) is 21.8 Å². The lowest BCUT2D eigenvalue weighted by Crippen LogP contribution is -2.28. The molecule has 0 aliphatic carbocycles. The van der Waals surface area contributed by atoms with E-state index in [0.29, 0.717) is 36.4 Å².